The Morgan fingerprint density at radius 2 is 2.17 bits per heavy atom. The quantitative estimate of drug-likeness (QED) is 0.674. The maximum Gasteiger partial charge on any atom is 0.0587 e. The van der Waals surface area contributed by atoms with Gasteiger partial charge >= 0.3 is 0 Å². The Morgan fingerprint density at radius 1 is 1.33 bits per heavy atom. The molecule has 0 bridgehead atoms. The molecule has 0 aliphatic rings. The third-order valence-electron chi connectivity index (χ3n) is 2.73. The van der Waals surface area contributed by atoms with Gasteiger partial charge in [0.05, 0.1) is 6.61 Å². The highest BCUT2D eigenvalue weighted by Crippen LogP contribution is 2.10. The van der Waals surface area contributed by atoms with Gasteiger partial charge in [-0.15, -0.1) is 0 Å². The SMILES string of the molecule is COCCNCC(C)NCCc1cccc(Cl)c1. The Morgan fingerprint density at radius 3 is 2.89 bits per heavy atom. The first kappa shape index (κ1) is 15.4. The number of nitrogens with one attached hydrogen (secondary N) is 2. The van der Waals surface area contributed by atoms with Gasteiger partial charge in [0, 0.05) is 31.3 Å². The second-order valence-electron chi connectivity index (χ2n) is 4.43. The van der Waals surface area contributed by atoms with Gasteiger partial charge in [-0.25, -0.2) is 0 Å². The van der Waals surface area contributed by atoms with Crippen molar-refractivity contribution in [1.29, 1.82) is 0 Å². The summed E-state index contributed by atoms with van der Waals surface area (Å²) < 4.78 is 4.98. The number of halogens is 1. The monoisotopic (exact) mass is 270 g/mol. The Hall–Kier alpha value is -0.610. The predicted molar refractivity (Wildman–Crippen MR) is 77.4 cm³/mol. The van der Waals surface area contributed by atoms with E-state index in [9.17, 15) is 0 Å². The lowest BCUT2D eigenvalue weighted by atomic mass is 10.1. The van der Waals surface area contributed by atoms with Gasteiger partial charge in [-0.3, -0.25) is 0 Å². The molecule has 0 aromatic heterocycles. The molecule has 0 aliphatic heterocycles. The van der Waals surface area contributed by atoms with E-state index < -0.39 is 0 Å². The molecule has 1 aromatic rings. The molecule has 1 rings (SSSR count). The van der Waals surface area contributed by atoms with Gasteiger partial charge in [-0.05, 0) is 37.6 Å². The van der Waals surface area contributed by atoms with Crippen LogP contribution in [0.1, 0.15) is 12.5 Å². The molecule has 0 radical (unpaired) electrons. The Kier molecular flexibility index (Phi) is 8.01. The van der Waals surface area contributed by atoms with E-state index in [0.717, 1.165) is 37.7 Å². The average molecular weight is 271 g/mol. The summed E-state index contributed by atoms with van der Waals surface area (Å²) in [6.45, 7) is 5.76. The summed E-state index contributed by atoms with van der Waals surface area (Å²) in [6.07, 6.45) is 1.00. The predicted octanol–water partition coefficient (Wildman–Crippen LogP) is 2.10. The standard InChI is InChI=1S/C14H23ClN2O/c1-12(11-16-8-9-18-2)17-7-6-13-4-3-5-14(15)10-13/h3-5,10,12,16-17H,6-9,11H2,1-2H3. The molecule has 3 nitrogen and oxygen atoms in total. The van der Waals surface area contributed by atoms with E-state index in [4.69, 9.17) is 16.3 Å². The molecule has 0 heterocycles. The average Bonchev–Trinajstić information content (AvgIpc) is 2.35. The zero-order valence-electron chi connectivity index (χ0n) is 11.2. The summed E-state index contributed by atoms with van der Waals surface area (Å²) >= 11 is 5.94. The molecule has 0 saturated carbocycles. The van der Waals surface area contributed by atoms with Gasteiger partial charge in [0.2, 0.25) is 0 Å². The molecule has 0 aliphatic carbocycles. The van der Waals surface area contributed by atoms with E-state index in [0.29, 0.717) is 6.04 Å². The number of hydrogen-bond acceptors (Lipinski definition) is 3. The van der Waals surface area contributed by atoms with E-state index in [1.54, 1.807) is 7.11 Å². The summed E-state index contributed by atoms with van der Waals surface area (Å²) in [5.74, 6) is 0. The molecule has 1 unspecified atom stereocenters. The third-order valence-corrected chi connectivity index (χ3v) is 2.96. The van der Waals surface area contributed by atoms with E-state index >= 15 is 0 Å². The molecule has 1 atom stereocenters. The Bertz CT molecular complexity index is 333. The van der Waals surface area contributed by atoms with E-state index in [2.05, 4.69) is 23.6 Å². The lowest BCUT2D eigenvalue weighted by molar-refractivity contribution is 0.198. The highest BCUT2D eigenvalue weighted by atomic mass is 35.5. The third kappa shape index (κ3) is 6.97. The van der Waals surface area contributed by atoms with Gasteiger partial charge < -0.3 is 15.4 Å². The van der Waals surface area contributed by atoms with E-state index in [-0.39, 0.29) is 0 Å². The Labute approximate surface area is 115 Å². The molecular weight excluding hydrogens is 248 g/mol. The summed E-state index contributed by atoms with van der Waals surface area (Å²) in [7, 11) is 1.72. The molecule has 18 heavy (non-hydrogen) atoms. The van der Waals surface area contributed by atoms with Gasteiger partial charge in [-0.1, -0.05) is 23.7 Å². The topological polar surface area (TPSA) is 33.3 Å². The van der Waals surface area contributed by atoms with Crippen LogP contribution in [0.4, 0.5) is 0 Å². The van der Waals surface area contributed by atoms with Crippen molar-refractivity contribution in [3.63, 3.8) is 0 Å². The van der Waals surface area contributed by atoms with Crippen LogP contribution in [-0.4, -0.2) is 39.4 Å². The van der Waals surface area contributed by atoms with Crippen LogP contribution in [0.25, 0.3) is 0 Å². The number of hydrogen-bond donors (Lipinski definition) is 2. The Balaban J connectivity index is 2.09. The normalized spacial score (nSPS) is 12.6. The summed E-state index contributed by atoms with van der Waals surface area (Å²) in [6, 6.07) is 8.48. The van der Waals surface area contributed by atoms with Crippen LogP contribution in [0.2, 0.25) is 5.02 Å². The summed E-state index contributed by atoms with van der Waals surface area (Å²) in [5, 5.41) is 7.62. The van der Waals surface area contributed by atoms with Gasteiger partial charge in [0.25, 0.3) is 0 Å². The van der Waals surface area contributed by atoms with Crippen LogP contribution in [0.5, 0.6) is 0 Å². The first-order chi connectivity index (χ1) is 8.72. The number of methoxy groups -OCH3 is 1. The molecule has 1 aromatic carbocycles. The van der Waals surface area contributed by atoms with E-state index in [1.165, 1.54) is 5.56 Å². The van der Waals surface area contributed by atoms with Crippen molar-refractivity contribution >= 4 is 11.6 Å². The fraction of sp³-hybridized carbons (Fsp3) is 0.571. The number of benzene rings is 1. The van der Waals surface area contributed by atoms with Crippen LogP contribution in [0, 0.1) is 0 Å². The second-order valence-corrected chi connectivity index (χ2v) is 4.87. The van der Waals surface area contributed by atoms with Crippen LogP contribution in [-0.2, 0) is 11.2 Å². The lowest BCUT2D eigenvalue weighted by Gasteiger charge is -2.14. The first-order valence-corrected chi connectivity index (χ1v) is 6.77. The summed E-state index contributed by atoms with van der Waals surface area (Å²) in [4.78, 5) is 0. The molecule has 0 spiro atoms. The molecule has 4 heteroatoms. The molecule has 0 saturated heterocycles. The van der Waals surface area contributed by atoms with E-state index in [1.807, 2.05) is 18.2 Å². The molecule has 0 fully saturated rings. The van der Waals surface area contributed by atoms with Crippen molar-refractivity contribution in [1.82, 2.24) is 10.6 Å². The van der Waals surface area contributed by atoms with Crippen LogP contribution >= 0.6 is 11.6 Å². The highest BCUT2D eigenvalue weighted by Gasteiger charge is 2.00. The van der Waals surface area contributed by atoms with Crippen molar-refractivity contribution in [3.05, 3.63) is 34.9 Å². The van der Waals surface area contributed by atoms with Gasteiger partial charge in [0.15, 0.2) is 0 Å². The zero-order valence-corrected chi connectivity index (χ0v) is 12.0. The van der Waals surface area contributed by atoms with Crippen LogP contribution in [0.3, 0.4) is 0 Å². The molecule has 102 valence electrons. The highest BCUT2D eigenvalue weighted by molar-refractivity contribution is 6.30. The van der Waals surface area contributed by atoms with Crippen LogP contribution in [0.15, 0.2) is 24.3 Å². The van der Waals surface area contributed by atoms with Crippen molar-refractivity contribution in [2.45, 2.75) is 19.4 Å². The summed E-state index contributed by atoms with van der Waals surface area (Å²) in [5.41, 5.74) is 1.27. The molecule has 2 N–H and O–H groups in total. The minimum absolute atomic E-state index is 0.459. The van der Waals surface area contributed by atoms with Gasteiger partial charge in [-0.2, -0.15) is 0 Å². The lowest BCUT2D eigenvalue weighted by Crippen LogP contribution is -2.38. The first-order valence-electron chi connectivity index (χ1n) is 6.40. The molecular formula is C14H23ClN2O. The maximum atomic E-state index is 5.94. The van der Waals surface area contributed by atoms with Crippen molar-refractivity contribution in [2.24, 2.45) is 0 Å². The van der Waals surface area contributed by atoms with Crippen molar-refractivity contribution < 1.29 is 4.74 Å². The number of rotatable bonds is 9. The number of ether oxygens (including phenoxy) is 1. The minimum atomic E-state index is 0.459. The maximum absolute atomic E-state index is 5.94. The van der Waals surface area contributed by atoms with Crippen LogP contribution < -0.4 is 10.6 Å². The van der Waals surface area contributed by atoms with Gasteiger partial charge in [0.1, 0.15) is 0 Å². The largest absolute Gasteiger partial charge is 0.383 e. The smallest absolute Gasteiger partial charge is 0.0587 e. The fourth-order valence-electron chi connectivity index (χ4n) is 1.72. The van der Waals surface area contributed by atoms with Crippen molar-refractivity contribution in [3.8, 4) is 0 Å². The fourth-order valence-corrected chi connectivity index (χ4v) is 1.93. The molecule has 0 amide bonds. The minimum Gasteiger partial charge on any atom is -0.383 e. The second kappa shape index (κ2) is 9.34. The zero-order chi connectivity index (χ0) is 13.2. The van der Waals surface area contributed by atoms with Crippen molar-refractivity contribution in [2.75, 3.05) is 33.4 Å².